The molecule has 0 spiro atoms. The summed E-state index contributed by atoms with van der Waals surface area (Å²) in [7, 11) is -2.83. The highest BCUT2D eigenvalue weighted by Crippen LogP contribution is 2.27. The Morgan fingerprint density at radius 1 is 1.44 bits per heavy atom. The van der Waals surface area contributed by atoms with Gasteiger partial charge < -0.3 is 5.32 Å². The standard InChI is InChI=1S/C13H21NO2S2/c1-10(2)13(12-6-3-7-17-12)14-11-5-4-8-18(15,16)9-11/h3,6-7,10-11,13-14H,4-5,8-9H2,1-2H3. The lowest BCUT2D eigenvalue weighted by Gasteiger charge is -2.30. The molecule has 0 amide bonds. The zero-order valence-electron chi connectivity index (χ0n) is 10.9. The summed E-state index contributed by atoms with van der Waals surface area (Å²) in [5, 5.41) is 5.62. The highest BCUT2D eigenvalue weighted by atomic mass is 32.2. The van der Waals surface area contributed by atoms with Crippen LogP contribution < -0.4 is 5.32 Å². The van der Waals surface area contributed by atoms with Crippen LogP contribution in [0.3, 0.4) is 0 Å². The molecule has 2 unspecified atom stereocenters. The topological polar surface area (TPSA) is 46.2 Å². The average Bonchev–Trinajstić information content (AvgIpc) is 2.77. The molecule has 1 aromatic heterocycles. The highest BCUT2D eigenvalue weighted by molar-refractivity contribution is 7.91. The van der Waals surface area contributed by atoms with Crippen LogP contribution in [0.15, 0.2) is 17.5 Å². The molecule has 2 atom stereocenters. The third-order valence-electron chi connectivity index (χ3n) is 3.39. The molecule has 0 bridgehead atoms. The predicted octanol–water partition coefficient (Wildman–Crippen LogP) is 2.61. The van der Waals surface area contributed by atoms with Gasteiger partial charge in [0, 0.05) is 17.0 Å². The fraction of sp³-hybridized carbons (Fsp3) is 0.692. The quantitative estimate of drug-likeness (QED) is 0.926. The van der Waals surface area contributed by atoms with Crippen LogP contribution in [0, 0.1) is 5.92 Å². The summed E-state index contributed by atoms with van der Waals surface area (Å²) in [6, 6.07) is 4.55. The van der Waals surface area contributed by atoms with E-state index in [0.717, 1.165) is 12.8 Å². The van der Waals surface area contributed by atoms with Gasteiger partial charge in [0.05, 0.1) is 11.5 Å². The van der Waals surface area contributed by atoms with Crippen LogP contribution in [0.2, 0.25) is 0 Å². The second-order valence-corrected chi connectivity index (χ2v) is 8.57. The van der Waals surface area contributed by atoms with Gasteiger partial charge in [0.25, 0.3) is 0 Å². The first-order valence-corrected chi connectivity index (χ1v) is 9.18. The minimum Gasteiger partial charge on any atom is -0.305 e. The van der Waals surface area contributed by atoms with E-state index in [9.17, 15) is 8.42 Å². The number of rotatable bonds is 4. The van der Waals surface area contributed by atoms with Crippen molar-refractivity contribution in [3.05, 3.63) is 22.4 Å². The molecule has 2 heterocycles. The van der Waals surface area contributed by atoms with E-state index in [2.05, 4.69) is 36.7 Å². The minimum atomic E-state index is -2.83. The fourth-order valence-electron chi connectivity index (χ4n) is 2.48. The van der Waals surface area contributed by atoms with Crippen LogP contribution in [0.4, 0.5) is 0 Å². The Hall–Kier alpha value is -0.390. The van der Waals surface area contributed by atoms with E-state index in [1.807, 2.05) is 0 Å². The number of hydrogen-bond donors (Lipinski definition) is 1. The van der Waals surface area contributed by atoms with Crippen molar-refractivity contribution < 1.29 is 8.42 Å². The van der Waals surface area contributed by atoms with Gasteiger partial charge in [-0.3, -0.25) is 0 Å². The second-order valence-electron chi connectivity index (χ2n) is 5.36. The van der Waals surface area contributed by atoms with Crippen LogP contribution in [0.5, 0.6) is 0 Å². The molecule has 1 aliphatic heterocycles. The maximum absolute atomic E-state index is 11.7. The molecule has 5 heteroatoms. The Balaban J connectivity index is 2.06. The Morgan fingerprint density at radius 3 is 2.78 bits per heavy atom. The van der Waals surface area contributed by atoms with Crippen LogP contribution >= 0.6 is 11.3 Å². The molecule has 1 saturated heterocycles. The highest BCUT2D eigenvalue weighted by Gasteiger charge is 2.28. The van der Waals surface area contributed by atoms with Crippen molar-refractivity contribution in [3.63, 3.8) is 0 Å². The van der Waals surface area contributed by atoms with Gasteiger partial charge in [0.15, 0.2) is 9.84 Å². The third kappa shape index (κ3) is 3.56. The summed E-state index contributed by atoms with van der Waals surface area (Å²) in [6.45, 7) is 4.35. The second kappa shape index (κ2) is 5.72. The molecular weight excluding hydrogens is 266 g/mol. The predicted molar refractivity (Wildman–Crippen MR) is 76.7 cm³/mol. The molecule has 1 fully saturated rings. The molecule has 102 valence electrons. The van der Waals surface area contributed by atoms with Crippen molar-refractivity contribution in [1.29, 1.82) is 0 Å². The summed E-state index contributed by atoms with van der Waals surface area (Å²) in [5.41, 5.74) is 0. The van der Waals surface area contributed by atoms with E-state index in [1.54, 1.807) is 11.3 Å². The van der Waals surface area contributed by atoms with Gasteiger partial charge in [-0.25, -0.2) is 8.42 Å². The minimum absolute atomic E-state index is 0.109. The molecular formula is C13H21NO2S2. The summed E-state index contributed by atoms with van der Waals surface area (Å²) in [4.78, 5) is 1.30. The lowest BCUT2D eigenvalue weighted by molar-refractivity contribution is 0.358. The molecule has 1 aromatic rings. The van der Waals surface area contributed by atoms with Crippen molar-refractivity contribution in [2.24, 2.45) is 5.92 Å². The maximum Gasteiger partial charge on any atom is 0.151 e. The zero-order valence-corrected chi connectivity index (χ0v) is 12.6. The van der Waals surface area contributed by atoms with Crippen LogP contribution in [0.25, 0.3) is 0 Å². The van der Waals surface area contributed by atoms with E-state index in [-0.39, 0.29) is 12.1 Å². The van der Waals surface area contributed by atoms with Crippen molar-refractivity contribution in [2.75, 3.05) is 11.5 Å². The molecule has 0 aromatic carbocycles. The Bertz CT molecular complexity index is 465. The molecule has 0 radical (unpaired) electrons. The summed E-state index contributed by atoms with van der Waals surface area (Å²) in [6.07, 6.45) is 1.75. The summed E-state index contributed by atoms with van der Waals surface area (Å²) < 4.78 is 23.3. The van der Waals surface area contributed by atoms with Gasteiger partial charge in [0.1, 0.15) is 0 Å². The average molecular weight is 287 g/mol. The molecule has 1 aliphatic rings. The molecule has 1 N–H and O–H groups in total. The molecule has 18 heavy (non-hydrogen) atoms. The molecule has 3 nitrogen and oxygen atoms in total. The summed E-state index contributed by atoms with van der Waals surface area (Å²) in [5.74, 6) is 1.12. The van der Waals surface area contributed by atoms with Crippen molar-refractivity contribution >= 4 is 21.2 Å². The van der Waals surface area contributed by atoms with E-state index in [0.29, 0.717) is 17.4 Å². The number of hydrogen-bond acceptors (Lipinski definition) is 4. The van der Waals surface area contributed by atoms with Gasteiger partial charge in [0.2, 0.25) is 0 Å². The van der Waals surface area contributed by atoms with E-state index in [1.165, 1.54) is 4.88 Å². The monoisotopic (exact) mass is 287 g/mol. The van der Waals surface area contributed by atoms with Crippen LogP contribution in [0.1, 0.15) is 37.6 Å². The first kappa shape index (κ1) is 14.0. The fourth-order valence-corrected chi connectivity index (χ4v) is 5.09. The lowest BCUT2D eigenvalue weighted by Crippen LogP contribution is -2.43. The van der Waals surface area contributed by atoms with Gasteiger partial charge in [-0.15, -0.1) is 11.3 Å². The maximum atomic E-state index is 11.7. The van der Waals surface area contributed by atoms with E-state index < -0.39 is 9.84 Å². The largest absolute Gasteiger partial charge is 0.305 e. The van der Waals surface area contributed by atoms with E-state index in [4.69, 9.17) is 0 Å². The van der Waals surface area contributed by atoms with Crippen LogP contribution in [-0.2, 0) is 9.84 Å². The van der Waals surface area contributed by atoms with Crippen molar-refractivity contribution in [3.8, 4) is 0 Å². The van der Waals surface area contributed by atoms with Gasteiger partial charge >= 0.3 is 0 Å². The van der Waals surface area contributed by atoms with Gasteiger partial charge in [-0.2, -0.15) is 0 Å². The first-order chi connectivity index (χ1) is 8.48. The number of sulfone groups is 1. The molecule has 2 rings (SSSR count). The van der Waals surface area contributed by atoms with Gasteiger partial charge in [-0.05, 0) is 30.2 Å². The molecule has 0 aliphatic carbocycles. The van der Waals surface area contributed by atoms with E-state index >= 15 is 0 Å². The number of nitrogens with one attached hydrogen (secondary N) is 1. The smallest absolute Gasteiger partial charge is 0.151 e. The third-order valence-corrected chi connectivity index (χ3v) is 6.17. The Morgan fingerprint density at radius 2 is 2.22 bits per heavy atom. The SMILES string of the molecule is CC(C)C(NC1CCCS(=O)(=O)C1)c1cccs1. The normalized spacial score (nSPS) is 25.2. The van der Waals surface area contributed by atoms with Crippen LogP contribution in [-0.4, -0.2) is 26.0 Å². The summed E-state index contributed by atoms with van der Waals surface area (Å²) >= 11 is 1.74. The first-order valence-electron chi connectivity index (χ1n) is 6.48. The van der Waals surface area contributed by atoms with Crippen molar-refractivity contribution in [1.82, 2.24) is 5.32 Å². The van der Waals surface area contributed by atoms with Gasteiger partial charge in [-0.1, -0.05) is 19.9 Å². The Labute approximate surface area is 114 Å². The lowest BCUT2D eigenvalue weighted by atomic mass is 10.0. The van der Waals surface area contributed by atoms with Crippen molar-refractivity contribution in [2.45, 2.75) is 38.8 Å². The Kier molecular flexibility index (Phi) is 4.45. The zero-order chi connectivity index (χ0) is 13.2. The molecule has 0 saturated carbocycles. The number of thiophene rings is 1.